The van der Waals surface area contributed by atoms with Gasteiger partial charge in [-0.05, 0) is 26.0 Å². The van der Waals surface area contributed by atoms with Gasteiger partial charge in [-0.3, -0.25) is 14.9 Å². The standard InChI is InChI=1S/C13H15N3O4S/c1-8(2)20-11-5-3-4-10(12(11)16(18)19)14-6-9-7-21-13(17)15-9/h3-5,7-8,14H,6H2,1-2H3,(H,15,17). The van der Waals surface area contributed by atoms with Crippen LogP contribution in [0.2, 0.25) is 0 Å². The van der Waals surface area contributed by atoms with Crippen LogP contribution in [0.15, 0.2) is 28.4 Å². The van der Waals surface area contributed by atoms with Gasteiger partial charge in [-0.15, -0.1) is 0 Å². The Labute approximate surface area is 124 Å². The van der Waals surface area contributed by atoms with Crippen molar-refractivity contribution < 1.29 is 9.66 Å². The topological polar surface area (TPSA) is 97.3 Å². The lowest BCUT2D eigenvalue weighted by Crippen LogP contribution is -2.09. The minimum Gasteiger partial charge on any atom is -0.484 e. The van der Waals surface area contributed by atoms with Crippen molar-refractivity contribution in [2.75, 3.05) is 5.32 Å². The molecule has 8 heteroatoms. The number of H-pyrrole nitrogens is 1. The van der Waals surface area contributed by atoms with E-state index in [1.807, 2.05) is 0 Å². The zero-order chi connectivity index (χ0) is 15.4. The average Bonchev–Trinajstić information content (AvgIpc) is 2.81. The summed E-state index contributed by atoms with van der Waals surface area (Å²) in [7, 11) is 0. The van der Waals surface area contributed by atoms with Gasteiger partial charge in [0.05, 0.1) is 17.6 Å². The maximum Gasteiger partial charge on any atom is 0.333 e. The second-order valence-corrected chi connectivity index (χ2v) is 5.45. The van der Waals surface area contributed by atoms with Gasteiger partial charge in [0.2, 0.25) is 0 Å². The molecule has 1 aromatic carbocycles. The maximum absolute atomic E-state index is 11.3. The number of hydrogen-bond donors (Lipinski definition) is 2. The molecule has 0 saturated heterocycles. The van der Waals surface area contributed by atoms with Gasteiger partial charge in [0, 0.05) is 11.1 Å². The van der Waals surface area contributed by atoms with Crippen molar-refractivity contribution in [3.63, 3.8) is 0 Å². The Morgan fingerprint density at radius 3 is 2.81 bits per heavy atom. The van der Waals surface area contributed by atoms with Crippen molar-refractivity contribution in [2.45, 2.75) is 26.5 Å². The van der Waals surface area contributed by atoms with Gasteiger partial charge in [0.15, 0.2) is 5.75 Å². The van der Waals surface area contributed by atoms with E-state index in [1.54, 1.807) is 37.4 Å². The fourth-order valence-electron chi connectivity index (χ4n) is 1.79. The second-order valence-electron chi connectivity index (χ2n) is 4.60. The van der Waals surface area contributed by atoms with Gasteiger partial charge in [-0.1, -0.05) is 17.4 Å². The van der Waals surface area contributed by atoms with E-state index in [4.69, 9.17) is 4.74 Å². The van der Waals surface area contributed by atoms with Crippen molar-refractivity contribution in [1.82, 2.24) is 4.98 Å². The third-order valence-electron chi connectivity index (χ3n) is 2.58. The van der Waals surface area contributed by atoms with E-state index in [-0.39, 0.29) is 22.4 Å². The molecule has 21 heavy (non-hydrogen) atoms. The first kappa shape index (κ1) is 15.0. The van der Waals surface area contributed by atoms with Crippen molar-refractivity contribution in [3.8, 4) is 5.75 Å². The summed E-state index contributed by atoms with van der Waals surface area (Å²) < 4.78 is 5.47. The number of benzene rings is 1. The highest BCUT2D eigenvalue weighted by molar-refractivity contribution is 7.07. The predicted molar refractivity (Wildman–Crippen MR) is 81.1 cm³/mol. The number of nitro groups is 1. The van der Waals surface area contributed by atoms with Gasteiger partial charge >= 0.3 is 10.6 Å². The molecule has 0 bridgehead atoms. The maximum atomic E-state index is 11.3. The Bertz CT molecular complexity index is 693. The number of nitrogens with zero attached hydrogens (tertiary/aromatic N) is 1. The zero-order valence-corrected chi connectivity index (χ0v) is 12.4. The van der Waals surface area contributed by atoms with Crippen LogP contribution in [0.5, 0.6) is 5.75 Å². The molecule has 1 aromatic heterocycles. The first-order valence-electron chi connectivity index (χ1n) is 6.32. The molecule has 0 aliphatic heterocycles. The first-order chi connectivity index (χ1) is 9.97. The van der Waals surface area contributed by atoms with E-state index in [2.05, 4.69) is 10.3 Å². The molecule has 0 atom stereocenters. The van der Waals surface area contributed by atoms with Crippen LogP contribution in [-0.2, 0) is 6.54 Å². The molecule has 0 aliphatic carbocycles. The summed E-state index contributed by atoms with van der Waals surface area (Å²) in [4.78, 5) is 24.3. The SMILES string of the molecule is CC(C)Oc1cccc(NCc2csc(=O)[nH]2)c1[N+](=O)[O-]. The number of hydrogen-bond acceptors (Lipinski definition) is 6. The van der Waals surface area contributed by atoms with Crippen molar-refractivity contribution in [1.29, 1.82) is 0 Å². The van der Waals surface area contributed by atoms with Crippen molar-refractivity contribution >= 4 is 22.7 Å². The fourth-order valence-corrected chi connectivity index (χ4v) is 2.37. The van der Waals surface area contributed by atoms with Crippen LogP contribution >= 0.6 is 11.3 Å². The molecule has 7 nitrogen and oxygen atoms in total. The van der Waals surface area contributed by atoms with Crippen molar-refractivity contribution in [3.05, 3.63) is 49.1 Å². The summed E-state index contributed by atoms with van der Waals surface area (Å²) in [5, 5.41) is 15.9. The largest absolute Gasteiger partial charge is 0.484 e. The summed E-state index contributed by atoms with van der Waals surface area (Å²) in [5.74, 6) is 0.221. The van der Waals surface area contributed by atoms with E-state index >= 15 is 0 Å². The Hall–Kier alpha value is -2.35. The first-order valence-corrected chi connectivity index (χ1v) is 7.20. The molecule has 2 rings (SSSR count). The van der Waals surface area contributed by atoms with E-state index in [0.717, 1.165) is 11.3 Å². The van der Waals surface area contributed by atoms with Crippen LogP contribution in [0.3, 0.4) is 0 Å². The van der Waals surface area contributed by atoms with E-state index in [1.165, 1.54) is 0 Å². The molecule has 0 radical (unpaired) electrons. The van der Waals surface area contributed by atoms with Gasteiger partial charge in [-0.25, -0.2) is 0 Å². The van der Waals surface area contributed by atoms with Gasteiger partial charge < -0.3 is 15.0 Å². The summed E-state index contributed by atoms with van der Waals surface area (Å²) in [6.07, 6.45) is -0.160. The van der Waals surface area contributed by atoms with Crippen LogP contribution in [0.1, 0.15) is 19.5 Å². The molecule has 1 heterocycles. The lowest BCUT2D eigenvalue weighted by molar-refractivity contribution is -0.385. The Kier molecular flexibility index (Phi) is 4.59. The zero-order valence-electron chi connectivity index (χ0n) is 11.6. The number of ether oxygens (including phenoxy) is 1. The van der Waals surface area contributed by atoms with Crippen LogP contribution in [0.25, 0.3) is 0 Å². The lowest BCUT2D eigenvalue weighted by Gasteiger charge is -2.12. The molecule has 2 N–H and O–H groups in total. The highest BCUT2D eigenvalue weighted by atomic mass is 32.1. The van der Waals surface area contributed by atoms with Crippen LogP contribution in [-0.4, -0.2) is 16.0 Å². The molecule has 0 amide bonds. The summed E-state index contributed by atoms with van der Waals surface area (Å²) in [6.45, 7) is 3.91. The third-order valence-corrected chi connectivity index (χ3v) is 3.30. The summed E-state index contributed by atoms with van der Waals surface area (Å²) in [6, 6.07) is 4.86. The monoisotopic (exact) mass is 309 g/mol. The number of rotatable bonds is 6. The van der Waals surface area contributed by atoms with E-state index in [0.29, 0.717) is 17.9 Å². The second kappa shape index (κ2) is 6.40. The van der Waals surface area contributed by atoms with Crippen molar-refractivity contribution in [2.24, 2.45) is 0 Å². The normalized spacial score (nSPS) is 10.6. The van der Waals surface area contributed by atoms with E-state index in [9.17, 15) is 14.9 Å². The summed E-state index contributed by atoms with van der Waals surface area (Å²) in [5.41, 5.74) is 0.920. The average molecular weight is 309 g/mol. The molecule has 0 fully saturated rings. The molecule has 0 saturated carbocycles. The fraction of sp³-hybridized carbons (Fsp3) is 0.308. The number of nitro benzene ring substituents is 1. The highest BCUT2D eigenvalue weighted by Gasteiger charge is 2.21. The molecule has 0 aliphatic rings. The van der Waals surface area contributed by atoms with Crippen LogP contribution in [0, 0.1) is 10.1 Å². The quantitative estimate of drug-likeness (QED) is 0.631. The molecular formula is C13H15N3O4S. The highest BCUT2D eigenvalue weighted by Crippen LogP contribution is 2.35. The Balaban J connectivity index is 2.25. The minimum atomic E-state index is -0.476. The number of aromatic amines is 1. The van der Waals surface area contributed by atoms with E-state index < -0.39 is 4.92 Å². The predicted octanol–water partition coefficient (Wildman–Crippen LogP) is 2.74. The molecule has 0 spiro atoms. The molecule has 112 valence electrons. The lowest BCUT2D eigenvalue weighted by atomic mass is 10.2. The number of para-hydroxylation sites is 1. The van der Waals surface area contributed by atoms with Gasteiger partial charge in [0.1, 0.15) is 5.69 Å². The number of thiazole rings is 1. The number of aromatic nitrogens is 1. The van der Waals surface area contributed by atoms with Crippen LogP contribution in [0.4, 0.5) is 11.4 Å². The van der Waals surface area contributed by atoms with Gasteiger partial charge in [0.25, 0.3) is 0 Å². The third kappa shape index (κ3) is 3.82. The molecular weight excluding hydrogens is 294 g/mol. The Morgan fingerprint density at radius 1 is 1.48 bits per heavy atom. The minimum absolute atomic E-state index is 0.108. The van der Waals surface area contributed by atoms with Gasteiger partial charge in [-0.2, -0.15) is 0 Å². The number of anilines is 1. The summed E-state index contributed by atoms with van der Waals surface area (Å²) >= 11 is 1.05. The Morgan fingerprint density at radius 2 is 2.24 bits per heavy atom. The molecule has 2 aromatic rings. The number of nitrogens with one attached hydrogen (secondary N) is 2. The molecule has 0 unspecified atom stereocenters. The van der Waals surface area contributed by atoms with Crippen LogP contribution < -0.4 is 14.9 Å². The smallest absolute Gasteiger partial charge is 0.333 e.